The van der Waals surface area contributed by atoms with Crippen LogP contribution in [0.3, 0.4) is 0 Å². The largest absolute Gasteiger partial charge is 0.507 e. The monoisotopic (exact) mass is 319 g/mol. The molecular weight excluding hydrogens is 306 g/mol. The van der Waals surface area contributed by atoms with Crippen LogP contribution in [-0.2, 0) is 10.0 Å². The smallest absolute Gasteiger partial charge is 0.339 e. The van der Waals surface area contributed by atoms with E-state index in [0.717, 1.165) is 23.1 Å². The molecule has 0 aliphatic rings. The van der Waals surface area contributed by atoms with Gasteiger partial charge in [0.05, 0.1) is 11.1 Å². The molecule has 0 radical (unpaired) electrons. The average Bonchev–Trinajstić information content (AvgIpc) is 2.45. The van der Waals surface area contributed by atoms with Crippen LogP contribution in [0.4, 0.5) is 5.69 Å². The van der Waals surface area contributed by atoms with E-state index in [1.165, 1.54) is 12.1 Å². The topological polar surface area (TPSA) is 104 Å². The van der Waals surface area contributed by atoms with Crippen molar-refractivity contribution in [2.75, 3.05) is 4.72 Å². The van der Waals surface area contributed by atoms with Gasteiger partial charge in [0.15, 0.2) is 0 Å². The third kappa shape index (κ3) is 4.10. The van der Waals surface area contributed by atoms with E-state index in [2.05, 4.69) is 4.72 Å². The number of carboxylic acids is 1. The van der Waals surface area contributed by atoms with E-state index in [0.29, 0.717) is 0 Å². The maximum Gasteiger partial charge on any atom is 0.339 e. The molecule has 2 rings (SSSR count). The molecule has 0 aliphatic carbocycles. The highest BCUT2D eigenvalue weighted by Crippen LogP contribution is 2.23. The van der Waals surface area contributed by atoms with Gasteiger partial charge in [0.25, 0.3) is 10.0 Å². The van der Waals surface area contributed by atoms with Gasteiger partial charge in [-0.05, 0) is 23.8 Å². The molecule has 0 fully saturated rings. The van der Waals surface area contributed by atoms with Crippen LogP contribution in [0.5, 0.6) is 5.75 Å². The minimum absolute atomic E-state index is 0.0696. The van der Waals surface area contributed by atoms with Crippen LogP contribution in [0.1, 0.15) is 15.9 Å². The number of carboxylic acid groups (broad SMARTS) is 1. The highest BCUT2D eigenvalue weighted by molar-refractivity contribution is 7.95. The van der Waals surface area contributed by atoms with E-state index >= 15 is 0 Å². The molecule has 0 amide bonds. The fraction of sp³-hybridized carbons (Fsp3) is 0. The summed E-state index contributed by atoms with van der Waals surface area (Å²) in [5, 5.41) is 19.3. The van der Waals surface area contributed by atoms with Gasteiger partial charge in [0, 0.05) is 6.07 Å². The zero-order valence-corrected chi connectivity index (χ0v) is 12.1. The molecule has 2 aromatic rings. The van der Waals surface area contributed by atoms with Gasteiger partial charge in [-0.15, -0.1) is 0 Å². The summed E-state index contributed by atoms with van der Waals surface area (Å²) in [7, 11) is -3.77. The number of benzene rings is 2. The number of sulfonamides is 1. The van der Waals surface area contributed by atoms with Crippen LogP contribution in [0.25, 0.3) is 6.08 Å². The first kappa shape index (κ1) is 15.6. The lowest BCUT2D eigenvalue weighted by Gasteiger charge is -2.06. The predicted molar refractivity (Wildman–Crippen MR) is 83.1 cm³/mol. The highest BCUT2D eigenvalue weighted by Gasteiger charge is 2.12. The summed E-state index contributed by atoms with van der Waals surface area (Å²) in [6.45, 7) is 0. The molecular formula is C15H13NO5S. The molecule has 0 saturated heterocycles. The molecule has 0 spiro atoms. The Morgan fingerprint density at radius 1 is 1.09 bits per heavy atom. The quantitative estimate of drug-likeness (QED) is 0.785. The van der Waals surface area contributed by atoms with Crippen LogP contribution in [0.15, 0.2) is 53.9 Å². The van der Waals surface area contributed by atoms with Crippen molar-refractivity contribution in [3.05, 3.63) is 65.1 Å². The summed E-state index contributed by atoms with van der Waals surface area (Å²) in [5.41, 5.74) is 0.486. The molecule has 0 aliphatic heterocycles. The summed E-state index contributed by atoms with van der Waals surface area (Å²) in [6.07, 6.45) is 1.42. The number of anilines is 1. The fourth-order valence-corrected chi connectivity index (χ4v) is 2.57. The standard InChI is InChI=1S/C15H13NO5S/c17-14-10-12(6-7-13(14)15(18)19)16-22(20,21)9-8-11-4-2-1-3-5-11/h1-10,16-17H,(H,18,19)/b9-8+. The second-order valence-electron chi connectivity index (χ2n) is 4.40. The molecule has 0 unspecified atom stereocenters. The Morgan fingerprint density at radius 2 is 1.77 bits per heavy atom. The summed E-state index contributed by atoms with van der Waals surface area (Å²) in [4.78, 5) is 10.8. The summed E-state index contributed by atoms with van der Waals surface area (Å²) >= 11 is 0. The number of phenols is 1. The molecule has 22 heavy (non-hydrogen) atoms. The number of rotatable bonds is 5. The van der Waals surface area contributed by atoms with Gasteiger partial charge >= 0.3 is 5.97 Å². The van der Waals surface area contributed by atoms with Crippen LogP contribution >= 0.6 is 0 Å². The molecule has 0 saturated carbocycles. The third-order valence-corrected chi connectivity index (χ3v) is 3.74. The van der Waals surface area contributed by atoms with Gasteiger partial charge < -0.3 is 10.2 Å². The number of nitrogens with one attached hydrogen (secondary N) is 1. The predicted octanol–water partition coefficient (Wildman–Crippen LogP) is 2.50. The van der Waals surface area contributed by atoms with Crippen LogP contribution < -0.4 is 4.72 Å². The molecule has 6 nitrogen and oxygen atoms in total. The second-order valence-corrected chi connectivity index (χ2v) is 5.96. The second kappa shape index (κ2) is 6.31. The lowest BCUT2D eigenvalue weighted by atomic mass is 10.2. The van der Waals surface area contributed by atoms with Crippen molar-refractivity contribution in [1.29, 1.82) is 0 Å². The first-order valence-corrected chi connectivity index (χ1v) is 7.74. The van der Waals surface area contributed by atoms with Crippen LogP contribution in [0.2, 0.25) is 0 Å². The van der Waals surface area contributed by atoms with Gasteiger partial charge in [-0.2, -0.15) is 0 Å². The Kier molecular flexibility index (Phi) is 4.47. The number of hydrogen-bond donors (Lipinski definition) is 3. The molecule has 0 atom stereocenters. The lowest BCUT2D eigenvalue weighted by molar-refractivity contribution is 0.0694. The van der Waals surface area contributed by atoms with Crippen molar-refractivity contribution < 1.29 is 23.4 Å². The summed E-state index contributed by atoms with van der Waals surface area (Å²) < 4.78 is 26.0. The Labute approximate surface area is 127 Å². The van der Waals surface area contributed by atoms with E-state index in [1.54, 1.807) is 24.3 Å². The molecule has 0 bridgehead atoms. The SMILES string of the molecule is O=C(O)c1ccc(NS(=O)(=O)/C=C/c2ccccc2)cc1O. The van der Waals surface area contributed by atoms with Gasteiger partial charge in [-0.25, -0.2) is 13.2 Å². The van der Waals surface area contributed by atoms with E-state index in [9.17, 15) is 18.3 Å². The maximum absolute atomic E-state index is 11.9. The Morgan fingerprint density at radius 3 is 2.36 bits per heavy atom. The van der Waals surface area contributed by atoms with E-state index in [4.69, 9.17) is 5.11 Å². The number of carbonyl (C=O) groups is 1. The van der Waals surface area contributed by atoms with Crippen molar-refractivity contribution in [3.8, 4) is 5.75 Å². The molecule has 3 N–H and O–H groups in total. The summed E-state index contributed by atoms with van der Waals surface area (Å²) in [6, 6.07) is 12.3. The van der Waals surface area contributed by atoms with E-state index in [1.807, 2.05) is 6.07 Å². The van der Waals surface area contributed by atoms with E-state index < -0.39 is 21.7 Å². The molecule has 2 aromatic carbocycles. The van der Waals surface area contributed by atoms with Gasteiger partial charge in [0.1, 0.15) is 11.3 Å². The van der Waals surface area contributed by atoms with Crippen molar-refractivity contribution in [2.24, 2.45) is 0 Å². The fourth-order valence-electron chi connectivity index (χ4n) is 1.71. The average molecular weight is 319 g/mol. The Bertz CT molecular complexity index is 813. The molecule has 7 heteroatoms. The lowest BCUT2D eigenvalue weighted by Crippen LogP contribution is -2.09. The molecule has 0 heterocycles. The zero-order valence-electron chi connectivity index (χ0n) is 11.3. The van der Waals surface area contributed by atoms with Crippen LogP contribution in [-0.4, -0.2) is 24.6 Å². The van der Waals surface area contributed by atoms with Crippen molar-refractivity contribution in [3.63, 3.8) is 0 Å². The van der Waals surface area contributed by atoms with Crippen molar-refractivity contribution in [1.82, 2.24) is 0 Å². The van der Waals surface area contributed by atoms with Crippen molar-refractivity contribution >= 4 is 27.8 Å². The number of hydrogen-bond acceptors (Lipinski definition) is 4. The molecule has 0 aromatic heterocycles. The number of aromatic carboxylic acids is 1. The van der Waals surface area contributed by atoms with Gasteiger partial charge in [-0.3, -0.25) is 4.72 Å². The summed E-state index contributed by atoms with van der Waals surface area (Å²) in [5.74, 6) is -1.81. The number of aromatic hydroxyl groups is 1. The minimum Gasteiger partial charge on any atom is -0.507 e. The van der Waals surface area contributed by atoms with Crippen LogP contribution in [0, 0.1) is 0 Å². The minimum atomic E-state index is -3.77. The highest BCUT2D eigenvalue weighted by atomic mass is 32.2. The Hall–Kier alpha value is -2.80. The zero-order chi connectivity index (χ0) is 16.2. The maximum atomic E-state index is 11.9. The first-order chi connectivity index (χ1) is 10.4. The Balaban J connectivity index is 2.17. The third-order valence-electron chi connectivity index (χ3n) is 2.73. The normalized spacial score (nSPS) is 11.5. The van der Waals surface area contributed by atoms with Gasteiger partial charge in [0.2, 0.25) is 0 Å². The van der Waals surface area contributed by atoms with Gasteiger partial charge in [-0.1, -0.05) is 30.3 Å². The molecule has 114 valence electrons. The first-order valence-electron chi connectivity index (χ1n) is 6.20. The van der Waals surface area contributed by atoms with E-state index in [-0.39, 0.29) is 11.3 Å². The van der Waals surface area contributed by atoms with Crippen molar-refractivity contribution in [2.45, 2.75) is 0 Å².